The third kappa shape index (κ3) is 4.35. The number of carbonyl (C=O) groups excluding carboxylic acids is 1. The van der Waals surface area contributed by atoms with Gasteiger partial charge in [0.25, 0.3) is 0 Å². The number of hydroxylamine groups is 2. The van der Waals surface area contributed by atoms with Gasteiger partial charge in [0, 0.05) is 18.3 Å². The lowest BCUT2D eigenvalue weighted by molar-refractivity contribution is -0.242. The number of hydrogen-bond donors (Lipinski definition) is 0. The number of rotatable bonds is 4. The summed E-state index contributed by atoms with van der Waals surface area (Å²) in [5.74, 6) is -0.504. The predicted molar refractivity (Wildman–Crippen MR) is 61.9 cm³/mol. The minimum atomic E-state index is -4.90. The summed E-state index contributed by atoms with van der Waals surface area (Å²) in [5, 5.41) is 1.94. The molecule has 104 valence electrons. The molecule has 0 aromatic rings. The van der Waals surface area contributed by atoms with Crippen molar-refractivity contribution in [2.24, 2.45) is 5.92 Å². The van der Waals surface area contributed by atoms with Crippen LogP contribution in [0.4, 0.5) is 13.2 Å². The molecule has 1 heterocycles. The van der Waals surface area contributed by atoms with Crippen molar-refractivity contribution < 1.29 is 22.8 Å². The Balaban J connectivity index is 1.64. The van der Waals surface area contributed by atoms with Crippen molar-refractivity contribution in [3.05, 3.63) is 0 Å². The van der Waals surface area contributed by atoms with E-state index < -0.39 is 12.1 Å². The zero-order valence-corrected chi connectivity index (χ0v) is 10.7. The van der Waals surface area contributed by atoms with Crippen LogP contribution in [0, 0.1) is 5.92 Å². The minimum Gasteiger partial charge on any atom is -0.361 e. The standard InChI is InChI=1S/C11H16F3NO2S/c12-11(13,14)10(16)17-15-5-3-8(4-6-15)7-18-9-1-2-9/h8-9H,1-7H2. The smallest absolute Gasteiger partial charge is 0.361 e. The first-order valence-electron chi connectivity index (χ1n) is 6.11. The van der Waals surface area contributed by atoms with E-state index in [9.17, 15) is 18.0 Å². The molecule has 2 rings (SSSR count). The molecular formula is C11H16F3NO2S. The number of thioether (sulfide) groups is 1. The van der Waals surface area contributed by atoms with Gasteiger partial charge in [0.2, 0.25) is 0 Å². The third-order valence-corrected chi connectivity index (χ3v) is 4.72. The van der Waals surface area contributed by atoms with E-state index in [1.807, 2.05) is 11.8 Å². The van der Waals surface area contributed by atoms with Gasteiger partial charge in [-0.15, -0.1) is 5.06 Å². The molecule has 0 atom stereocenters. The van der Waals surface area contributed by atoms with Crippen molar-refractivity contribution in [3.8, 4) is 0 Å². The van der Waals surface area contributed by atoms with Gasteiger partial charge in [-0.2, -0.15) is 24.9 Å². The lowest BCUT2D eigenvalue weighted by Crippen LogP contribution is -2.40. The van der Waals surface area contributed by atoms with E-state index in [4.69, 9.17) is 0 Å². The van der Waals surface area contributed by atoms with Crippen LogP contribution >= 0.6 is 11.8 Å². The molecule has 1 aliphatic heterocycles. The number of nitrogens with zero attached hydrogens (tertiary/aromatic N) is 1. The van der Waals surface area contributed by atoms with Crippen LogP contribution in [-0.4, -0.2) is 41.3 Å². The molecule has 0 bridgehead atoms. The van der Waals surface area contributed by atoms with Crippen molar-refractivity contribution >= 4 is 17.7 Å². The van der Waals surface area contributed by atoms with Gasteiger partial charge in [-0.05, 0) is 37.4 Å². The number of hydrogen-bond acceptors (Lipinski definition) is 4. The van der Waals surface area contributed by atoms with Gasteiger partial charge in [-0.3, -0.25) is 0 Å². The first-order chi connectivity index (χ1) is 8.45. The Hall–Kier alpha value is -0.430. The summed E-state index contributed by atoms with van der Waals surface area (Å²) in [7, 11) is 0. The van der Waals surface area contributed by atoms with Crippen molar-refractivity contribution in [3.63, 3.8) is 0 Å². The fraction of sp³-hybridized carbons (Fsp3) is 0.909. The van der Waals surface area contributed by atoms with E-state index in [1.165, 1.54) is 12.8 Å². The van der Waals surface area contributed by atoms with E-state index in [1.54, 1.807) is 0 Å². The maximum Gasteiger partial charge on any atom is 0.492 e. The lowest BCUT2D eigenvalue weighted by Gasteiger charge is -2.30. The molecule has 7 heteroatoms. The summed E-state index contributed by atoms with van der Waals surface area (Å²) in [6.45, 7) is 0.801. The third-order valence-electron chi connectivity index (χ3n) is 3.11. The first kappa shape index (κ1) is 14.0. The summed E-state index contributed by atoms with van der Waals surface area (Å²) in [5.41, 5.74) is 0. The quantitative estimate of drug-likeness (QED) is 0.793. The minimum absolute atomic E-state index is 0.401. The highest BCUT2D eigenvalue weighted by Crippen LogP contribution is 2.36. The predicted octanol–water partition coefficient (Wildman–Crippen LogP) is 2.61. The van der Waals surface area contributed by atoms with Crippen molar-refractivity contribution in [1.29, 1.82) is 0 Å². The number of carbonyl (C=O) groups is 1. The largest absolute Gasteiger partial charge is 0.492 e. The van der Waals surface area contributed by atoms with Crippen LogP contribution in [0.1, 0.15) is 25.7 Å². The highest BCUT2D eigenvalue weighted by molar-refractivity contribution is 8.00. The fourth-order valence-corrected chi connectivity index (χ4v) is 3.19. The molecule has 0 radical (unpaired) electrons. The average Bonchev–Trinajstić information content (AvgIpc) is 3.11. The van der Waals surface area contributed by atoms with Gasteiger partial charge in [0.1, 0.15) is 0 Å². The highest BCUT2D eigenvalue weighted by atomic mass is 32.2. The Morgan fingerprint density at radius 2 is 1.83 bits per heavy atom. The van der Waals surface area contributed by atoms with E-state index in [0.717, 1.165) is 28.9 Å². The molecule has 2 fully saturated rings. The van der Waals surface area contributed by atoms with Crippen LogP contribution in [0.15, 0.2) is 0 Å². The van der Waals surface area contributed by atoms with Crippen LogP contribution in [0.25, 0.3) is 0 Å². The molecule has 0 unspecified atom stereocenters. The number of alkyl halides is 3. The van der Waals surface area contributed by atoms with Crippen molar-refractivity contribution in [2.75, 3.05) is 18.8 Å². The van der Waals surface area contributed by atoms with Gasteiger partial charge in [0.05, 0.1) is 0 Å². The molecule has 0 aromatic heterocycles. The Bertz CT molecular complexity index is 299. The van der Waals surface area contributed by atoms with E-state index in [2.05, 4.69) is 4.84 Å². The monoisotopic (exact) mass is 283 g/mol. The van der Waals surface area contributed by atoms with E-state index >= 15 is 0 Å². The molecule has 18 heavy (non-hydrogen) atoms. The second-order valence-corrected chi connectivity index (χ2v) is 6.11. The molecule has 2 aliphatic rings. The first-order valence-corrected chi connectivity index (χ1v) is 7.15. The SMILES string of the molecule is O=C(ON1CCC(CSC2CC2)CC1)C(F)(F)F. The Kier molecular flexibility index (Phi) is 4.42. The second-order valence-electron chi connectivity index (χ2n) is 4.78. The maximum absolute atomic E-state index is 12.0. The van der Waals surface area contributed by atoms with Crippen molar-refractivity contribution in [1.82, 2.24) is 5.06 Å². The Morgan fingerprint density at radius 3 is 2.33 bits per heavy atom. The Labute approximate surface area is 108 Å². The Morgan fingerprint density at radius 1 is 1.22 bits per heavy atom. The van der Waals surface area contributed by atoms with Gasteiger partial charge in [-0.1, -0.05) is 0 Å². The summed E-state index contributed by atoms with van der Waals surface area (Å²) in [4.78, 5) is 14.9. The zero-order chi connectivity index (χ0) is 13.2. The van der Waals surface area contributed by atoms with Crippen molar-refractivity contribution in [2.45, 2.75) is 37.1 Å². The number of piperidine rings is 1. The summed E-state index contributed by atoms with van der Waals surface area (Å²) < 4.78 is 36.0. The molecule has 3 nitrogen and oxygen atoms in total. The van der Waals surface area contributed by atoms with Gasteiger partial charge in [-0.25, -0.2) is 4.79 Å². The normalized spacial score (nSPS) is 23.1. The van der Waals surface area contributed by atoms with Crippen LogP contribution in [0.2, 0.25) is 0 Å². The molecule has 1 saturated heterocycles. The van der Waals surface area contributed by atoms with Crippen LogP contribution in [0.5, 0.6) is 0 Å². The van der Waals surface area contributed by atoms with Crippen LogP contribution in [0.3, 0.4) is 0 Å². The molecule has 0 aromatic carbocycles. The van der Waals surface area contributed by atoms with Crippen LogP contribution < -0.4 is 0 Å². The summed E-state index contributed by atoms with van der Waals surface area (Å²) in [6.07, 6.45) is -0.714. The topological polar surface area (TPSA) is 29.5 Å². The maximum atomic E-state index is 12.0. The molecule has 1 saturated carbocycles. The molecule has 0 spiro atoms. The molecule has 1 aliphatic carbocycles. The second kappa shape index (κ2) is 5.69. The summed E-state index contributed by atoms with van der Waals surface area (Å²) in [6, 6.07) is 0. The fourth-order valence-electron chi connectivity index (χ4n) is 1.84. The highest BCUT2D eigenvalue weighted by Gasteiger charge is 2.43. The molecule has 0 N–H and O–H groups in total. The van der Waals surface area contributed by atoms with Crippen LogP contribution in [-0.2, 0) is 9.63 Å². The number of halogens is 3. The van der Waals surface area contributed by atoms with E-state index in [-0.39, 0.29) is 0 Å². The molecule has 0 amide bonds. The summed E-state index contributed by atoms with van der Waals surface area (Å²) >= 11 is 1.96. The average molecular weight is 283 g/mol. The van der Waals surface area contributed by atoms with Gasteiger partial charge < -0.3 is 4.84 Å². The molecular weight excluding hydrogens is 267 g/mol. The van der Waals surface area contributed by atoms with E-state index in [0.29, 0.717) is 19.0 Å². The lowest BCUT2D eigenvalue weighted by atomic mass is 10.0. The zero-order valence-electron chi connectivity index (χ0n) is 9.91. The van der Waals surface area contributed by atoms with Gasteiger partial charge in [0.15, 0.2) is 0 Å². The van der Waals surface area contributed by atoms with Gasteiger partial charge >= 0.3 is 12.1 Å².